The van der Waals surface area contributed by atoms with Gasteiger partial charge in [-0.25, -0.2) is 0 Å². The molecule has 1 unspecified atom stereocenters. The van der Waals surface area contributed by atoms with Crippen LogP contribution in [-0.4, -0.2) is 16.8 Å². The lowest BCUT2D eigenvalue weighted by Gasteiger charge is -2.07. The number of benzene rings is 1. The predicted molar refractivity (Wildman–Crippen MR) is 76.6 cm³/mol. The monoisotopic (exact) mass is 252 g/mol. The molecule has 1 aliphatic heterocycles. The van der Waals surface area contributed by atoms with Crippen molar-refractivity contribution in [2.75, 3.05) is 11.5 Å². The van der Waals surface area contributed by atoms with E-state index in [-0.39, 0.29) is 0 Å². The van der Waals surface area contributed by atoms with Crippen LogP contribution in [0.15, 0.2) is 29.2 Å². The van der Waals surface area contributed by atoms with Gasteiger partial charge in [-0.1, -0.05) is 38.0 Å². The molecule has 0 aromatic heterocycles. The van der Waals surface area contributed by atoms with Crippen LogP contribution < -0.4 is 0 Å². The fourth-order valence-corrected chi connectivity index (χ4v) is 4.61. The minimum Gasteiger partial charge on any atom is -0.161 e. The molecular formula is C14H20S2. The van der Waals surface area contributed by atoms with Crippen LogP contribution in [-0.2, 0) is 6.42 Å². The third-order valence-corrected chi connectivity index (χ3v) is 5.66. The number of fused-ring (bicyclic) bond motifs is 1. The summed E-state index contributed by atoms with van der Waals surface area (Å²) in [6.07, 6.45) is 5.41. The molecule has 0 nitrogen and oxygen atoms in total. The van der Waals surface area contributed by atoms with Crippen molar-refractivity contribution in [3.05, 3.63) is 29.8 Å². The van der Waals surface area contributed by atoms with Gasteiger partial charge in [0.2, 0.25) is 0 Å². The van der Waals surface area contributed by atoms with Gasteiger partial charge in [0.1, 0.15) is 0 Å². The SMILES string of the molecule is CCCCCSCC1Cc2ccccc2S1. The van der Waals surface area contributed by atoms with E-state index >= 15 is 0 Å². The van der Waals surface area contributed by atoms with Crippen LogP contribution in [0.3, 0.4) is 0 Å². The highest BCUT2D eigenvalue weighted by atomic mass is 32.2. The molecule has 2 rings (SSSR count). The number of hydrogen-bond acceptors (Lipinski definition) is 2. The zero-order valence-corrected chi connectivity index (χ0v) is 11.6. The second-order valence-electron chi connectivity index (χ2n) is 4.33. The lowest BCUT2D eigenvalue weighted by atomic mass is 10.1. The number of hydrogen-bond donors (Lipinski definition) is 0. The maximum Gasteiger partial charge on any atom is 0.0226 e. The van der Waals surface area contributed by atoms with E-state index < -0.39 is 0 Å². The molecule has 16 heavy (non-hydrogen) atoms. The van der Waals surface area contributed by atoms with Gasteiger partial charge >= 0.3 is 0 Å². The molecule has 0 fully saturated rings. The van der Waals surface area contributed by atoms with Crippen molar-refractivity contribution >= 4 is 23.5 Å². The van der Waals surface area contributed by atoms with Gasteiger partial charge in [0.25, 0.3) is 0 Å². The van der Waals surface area contributed by atoms with Crippen LogP contribution in [0.5, 0.6) is 0 Å². The van der Waals surface area contributed by atoms with E-state index in [0.29, 0.717) is 0 Å². The minimum absolute atomic E-state index is 0.823. The Morgan fingerprint density at radius 3 is 3.00 bits per heavy atom. The molecule has 0 saturated carbocycles. The molecule has 0 saturated heterocycles. The standard InChI is InChI=1S/C14H20S2/c1-2-3-6-9-15-11-13-10-12-7-4-5-8-14(12)16-13/h4-5,7-8,13H,2-3,6,9-11H2,1H3. The molecule has 0 bridgehead atoms. The van der Waals surface area contributed by atoms with Crippen molar-refractivity contribution in [3.63, 3.8) is 0 Å². The largest absolute Gasteiger partial charge is 0.161 e. The van der Waals surface area contributed by atoms with E-state index in [4.69, 9.17) is 0 Å². The molecule has 0 spiro atoms. The summed E-state index contributed by atoms with van der Waals surface area (Å²) >= 11 is 4.22. The van der Waals surface area contributed by atoms with Gasteiger partial charge in [-0.3, -0.25) is 0 Å². The second kappa shape index (κ2) is 6.61. The average Bonchev–Trinajstić information content (AvgIpc) is 2.71. The minimum atomic E-state index is 0.823. The highest BCUT2D eigenvalue weighted by Gasteiger charge is 2.21. The third-order valence-electron chi connectivity index (χ3n) is 2.91. The zero-order chi connectivity index (χ0) is 11.2. The Morgan fingerprint density at radius 2 is 2.19 bits per heavy atom. The average molecular weight is 252 g/mol. The molecule has 1 atom stereocenters. The number of unbranched alkanes of at least 4 members (excludes halogenated alkanes) is 2. The van der Waals surface area contributed by atoms with Gasteiger partial charge < -0.3 is 0 Å². The molecule has 1 aromatic carbocycles. The molecule has 1 heterocycles. The smallest absolute Gasteiger partial charge is 0.0226 e. The Kier molecular flexibility index (Phi) is 5.11. The summed E-state index contributed by atoms with van der Waals surface area (Å²) in [5.41, 5.74) is 1.56. The van der Waals surface area contributed by atoms with Crippen molar-refractivity contribution in [2.45, 2.75) is 42.8 Å². The van der Waals surface area contributed by atoms with Gasteiger partial charge in [-0.2, -0.15) is 11.8 Å². The van der Waals surface area contributed by atoms with Gasteiger partial charge in [0.15, 0.2) is 0 Å². The van der Waals surface area contributed by atoms with E-state index in [2.05, 4.69) is 54.7 Å². The highest BCUT2D eigenvalue weighted by Crippen LogP contribution is 2.38. The Bertz CT molecular complexity index is 297. The first kappa shape index (κ1) is 12.4. The zero-order valence-electron chi connectivity index (χ0n) is 9.95. The fourth-order valence-electron chi connectivity index (χ4n) is 2.02. The van der Waals surface area contributed by atoms with Crippen LogP contribution in [0.2, 0.25) is 0 Å². The third kappa shape index (κ3) is 3.46. The van der Waals surface area contributed by atoms with Crippen molar-refractivity contribution < 1.29 is 0 Å². The first-order valence-corrected chi connectivity index (χ1v) is 8.26. The second-order valence-corrected chi connectivity index (χ2v) is 6.83. The lowest BCUT2D eigenvalue weighted by molar-refractivity contribution is 0.778. The summed E-state index contributed by atoms with van der Waals surface area (Å²) in [7, 11) is 0. The summed E-state index contributed by atoms with van der Waals surface area (Å²) in [6.45, 7) is 2.27. The van der Waals surface area contributed by atoms with Gasteiger partial charge in [0.05, 0.1) is 0 Å². The number of rotatable bonds is 6. The van der Waals surface area contributed by atoms with E-state index in [1.54, 1.807) is 5.56 Å². The normalized spacial score (nSPS) is 18.7. The summed E-state index contributed by atoms with van der Waals surface area (Å²) in [6, 6.07) is 8.87. The van der Waals surface area contributed by atoms with Crippen molar-refractivity contribution in [2.24, 2.45) is 0 Å². The quantitative estimate of drug-likeness (QED) is 0.677. The van der Waals surface area contributed by atoms with Crippen LogP contribution in [0.25, 0.3) is 0 Å². The lowest BCUT2D eigenvalue weighted by Crippen LogP contribution is -2.04. The van der Waals surface area contributed by atoms with Crippen LogP contribution in [0.4, 0.5) is 0 Å². The molecule has 1 aromatic rings. The molecule has 1 aliphatic rings. The van der Waals surface area contributed by atoms with Crippen LogP contribution in [0, 0.1) is 0 Å². The van der Waals surface area contributed by atoms with Crippen LogP contribution >= 0.6 is 23.5 Å². The Morgan fingerprint density at radius 1 is 1.31 bits per heavy atom. The Balaban J connectivity index is 1.67. The molecular weight excluding hydrogens is 232 g/mol. The topological polar surface area (TPSA) is 0 Å². The molecule has 0 aliphatic carbocycles. The molecule has 88 valence electrons. The van der Waals surface area contributed by atoms with E-state index in [1.165, 1.54) is 42.1 Å². The van der Waals surface area contributed by atoms with Gasteiger partial charge in [-0.05, 0) is 30.2 Å². The summed E-state index contributed by atoms with van der Waals surface area (Å²) in [4.78, 5) is 1.52. The van der Waals surface area contributed by atoms with Crippen LogP contribution in [0.1, 0.15) is 31.7 Å². The maximum atomic E-state index is 2.28. The van der Waals surface area contributed by atoms with Crippen molar-refractivity contribution in [1.29, 1.82) is 0 Å². The molecule has 0 N–H and O–H groups in total. The van der Waals surface area contributed by atoms with E-state index in [9.17, 15) is 0 Å². The molecule has 0 amide bonds. The highest BCUT2D eigenvalue weighted by molar-refractivity contribution is 8.03. The maximum absolute atomic E-state index is 2.28. The van der Waals surface area contributed by atoms with Gasteiger partial charge in [0, 0.05) is 15.9 Å². The molecule has 2 heteroatoms. The van der Waals surface area contributed by atoms with Crippen molar-refractivity contribution in [3.8, 4) is 0 Å². The van der Waals surface area contributed by atoms with E-state index in [1.807, 2.05) is 0 Å². The number of thioether (sulfide) groups is 2. The Labute approximate surface area is 108 Å². The molecule has 0 radical (unpaired) electrons. The summed E-state index contributed by atoms with van der Waals surface area (Å²) < 4.78 is 0. The van der Waals surface area contributed by atoms with Gasteiger partial charge in [-0.15, -0.1) is 11.8 Å². The predicted octanol–water partition coefficient (Wildman–Crippen LogP) is 4.63. The summed E-state index contributed by atoms with van der Waals surface area (Å²) in [5, 5.41) is 0.823. The summed E-state index contributed by atoms with van der Waals surface area (Å²) in [5.74, 6) is 2.67. The fraction of sp³-hybridized carbons (Fsp3) is 0.571. The van der Waals surface area contributed by atoms with Crippen molar-refractivity contribution in [1.82, 2.24) is 0 Å². The first-order chi connectivity index (χ1) is 7.90. The van der Waals surface area contributed by atoms with E-state index in [0.717, 1.165) is 5.25 Å². The Hall–Kier alpha value is -0.0800. The first-order valence-electron chi connectivity index (χ1n) is 6.22.